The monoisotopic (exact) mass is 1070 g/mol. The quantitative estimate of drug-likeness (QED) is 0.0369. The molecule has 25 atom stereocenters. The summed E-state index contributed by atoms with van der Waals surface area (Å²) in [6.07, 6.45) is -40.0. The summed E-state index contributed by atoms with van der Waals surface area (Å²) >= 11 is 0. The Morgan fingerprint density at radius 2 is 0.863 bits per heavy atom. The van der Waals surface area contributed by atoms with Gasteiger partial charge in [-0.1, -0.05) is 0 Å². The molecule has 0 aromatic carbocycles. The van der Waals surface area contributed by atoms with Crippen molar-refractivity contribution in [1.29, 1.82) is 0 Å². The number of methoxy groups -OCH3 is 6. The first kappa shape index (κ1) is 60.4. The van der Waals surface area contributed by atoms with Crippen LogP contribution < -0.4 is 5.73 Å². The Balaban J connectivity index is 1.45. The maximum atomic E-state index is 13.1. The number of carbonyl (C=O) groups is 5. The van der Waals surface area contributed by atoms with Crippen LogP contribution in [-0.4, -0.2) is 282 Å². The Kier molecular flexibility index (Phi) is 22.3. The van der Waals surface area contributed by atoms with E-state index in [2.05, 4.69) is 0 Å². The van der Waals surface area contributed by atoms with E-state index in [1.807, 2.05) is 0 Å². The minimum Gasteiger partial charge on any atom is -0.479 e. The van der Waals surface area contributed by atoms with Crippen LogP contribution >= 0.6 is 0 Å². The van der Waals surface area contributed by atoms with Crippen LogP contribution in [-0.2, 0) is 109 Å². The van der Waals surface area contributed by atoms with Gasteiger partial charge in [0.05, 0.1) is 12.6 Å². The van der Waals surface area contributed by atoms with Crippen LogP contribution in [0.1, 0.15) is 20.8 Å². The predicted molar refractivity (Wildman–Crippen MR) is 227 cm³/mol. The average molecular weight is 1070 g/mol. The Morgan fingerprint density at radius 3 is 1.29 bits per heavy atom. The number of ether oxygens (including phenoxy) is 18. The van der Waals surface area contributed by atoms with Gasteiger partial charge in [0.1, 0.15) is 111 Å². The molecule has 0 aromatic rings. The molecule has 0 bridgehead atoms. The number of carboxylic acids is 2. The second-order valence-corrected chi connectivity index (χ2v) is 17.2. The molecule has 420 valence electrons. The number of carboxylic acid groups (broad SMARTS) is 2. The van der Waals surface area contributed by atoms with Crippen LogP contribution in [0, 0.1) is 0 Å². The molecule has 0 amide bonds. The molecule has 73 heavy (non-hydrogen) atoms. The fraction of sp³-hybridized carbons (Fsp3) is 0.881. The van der Waals surface area contributed by atoms with E-state index in [0.29, 0.717) is 0 Å². The lowest BCUT2D eigenvalue weighted by atomic mass is 9.94. The molecule has 31 heteroatoms. The second-order valence-electron chi connectivity index (χ2n) is 17.2. The van der Waals surface area contributed by atoms with Crippen molar-refractivity contribution in [3.05, 3.63) is 0 Å². The summed E-state index contributed by atoms with van der Waals surface area (Å²) in [6, 6.07) is -1.16. The van der Waals surface area contributed by atoms with Crippen molar-refractivity contribution in [3.8, 4) is 0 Å². The molecule has 0 spiro atoms. The van der Waals surface area contributed by atoms with Crippen molar-refractivity contribution in [3.63, 3.8) is 0 Å². The molecular weight excluding hydrogens is 998 g/mol. The number of esters is 3. The van der Waals surface area contributed by atoms with Gasteiger partial charge in [-0.3, -0.25) is 14.4 Å². The average Bonchev–Trinajstić information content (AvgIpc) is 3.34. The van der Waals surface area contributed by atoms with Crippen molar-refractivity contribution >= 4 is 29.8 Å². The third-order valence-corrected chi connectivity index (χ3v) is 12.6. The Morgan fingerprint density at radius 1 is 0.438 bits per heavy atom. The first-order chi connectivity index (χ1) is 34.6. The topological polar surface area (TPSA) is 419 Å². The zero-order valence-corrected chi connectivity index (χ0v) is 41.2. The fourth-order valence-corrected chi connectivity index (χ4v) is 9.21. The van der Waals surface area contributed by atoms with Gasteiger partial charge in [-0.15, -0.1) is 0 Å². The van der Waals surface area contributed by atoms with E-state index in [4.69, 9.17) is 91.0 Å². The summed E-state index contributed by atoms with van der Waals surface area (Å²) in [5, 5.41) is 74.0. The molecule has 5 heterocycles. The lowest BCUT2D eigenvalue weighted by Crippen LogP contribution is -2.69. The van der Waals surface area contributed by atoms with Gasteiger partial charge in [0.2, 0.25) is 0 Å². The van der Waals surface area contributed by atoms with E-state index < -0.39 is 197 Å². The lowest BCUT2D eigenvalue weighted by molar-refractivity contribution is -0.389. The Hall–Kier alpha value is -3.49. The summed E-state index contributed by atoms with van der Waals surface area (Å²) < 4.78 is 103. The van der Waals surface area contributed by atoms with Crippen LogP contribution in [0.25, 0.3) is 0 Å². The third-order valence-electron chi connectivity index (χ3n) is 12.6. The van der Waals surface area contributed by atoms with Crippen molar-refractivity contribution in [2.24, 2.45) is 5.73 Å². The molecule has 5 fully saturated rings. The van der Waals surface area contributed by atoms with Crippen LogP contribution in [0.2, 0.25) is 0 Å². The van der Waals surface area contributed by atoms with Crippen LogP contribution in [0.3, 0.4) is 0 Å². The van der Waals surface area contributed by atoms with Crippen LogP contribution in [0.5, 0.6) is 0 Å². The van der Waals surface area contributed by atoms with Crippen molar-refractivity contribution < 1.29 is 145 Å². The van der Waals surface area contributed by atoms with Crippen LogP contribution in [0.15, 0.2) is 0 Å². The summed E-state index contributed by atoms with van der Waals surface area (Å²) in [7, 11) is 7.29. The van der Waals surface area contributed by atoms with Gasteiger partial charge < -0.3 is 127 Å². The molecule has 0 aliphatic carbocycles. The highest BCUT2D eigenvalue weighted by atomic mass is 16.8. The van der Waals surface area contributed by atoms with E-state index >= 15 is 0 Å². The lowest BCUT2D eigenvalue weighted by Gasteiger charge is -2.50. The molecule has 9 N–H and O–H groups in total. The first-order valence-corrected chi connectivity index (χ1v) is 22.7. The molecule has 5 saturated heterocycles. The minimum absolute atomic E-state index is 0.341. The van der Waals surface area contributed by atoms with Gasteiger partial charge in [-0.25, -0.2) is 9.59 Å². The zero-order valence-electron chi connectivity index (χ0n) is 41.2. The molecule has 0 radical (unpaired) electrons. The molecule has 5 rings (SSSR count). The number of aliphatic hydroxyl groups is 5. The number of nitrogens with two attached hydrogens (primary N) is 1. The highest BCUT2D eigenvalue weighted by Gasteiger charge is 2.60. The molecule has 31 nitrogen and oxygen atoms in total. The smallest absolute Gasteiger partial charge is 0.335 e. The highest BCUT2D eigenvalue weighted by Crippen LogP contribution is 2.39. The standard InChI is InChI=1S/C42H67NO30/c1-13(45)62-11-17-24(56-4)26(57-5)19(43)39(66-17)70-30-28(58-6)35(61-9)42(73-32(30)36(51)52)69-25-18(12-63-14(2)46)67-40(22(50)27(25)64-15(3)47)71-31-29(59-7)34(60-8)41(72-33(31)37(53)54)68-23-16(10-44)65-38(55)21(49)20(23)48/h16-35,38-42,44,48-50,55H,10-12,43H2,1-9H3,(H,51,52)(H,53,54)/t16?,17?,18-,19?,20+,21?,22?,23+,24+,25+,26+,27?,28-,29?,30-,31-,32?,33+,34?,35?,38-,39-,40+,41-,42+/m0/s1. The normalized spacial score (nSPS) is 43.1. The Bertz CT molecular complexity index is 1810. The van der Waals surface area contributed by atoms with Gasteiger partial charge in [0.25, 0.3) is 0 Å². The molecule has 5 aliphatic heterocycles. The Labute approximate surface area is 416 Å². The van der Waals surface area contributed by atoms with Gasteiger partial charge in [-0.05, 0) is 0 Å². The number of hydrogen-bond donors (Lipinski definition) is 8. The highest BCUT2D eigenvalue weighted by molar-refractivity contribution is 5.74. The largest absolute Gasteiger partial charge is 0.479 e. The number of aliphatic carboxylic acids is 2. The summed E-state index contributed by atoms with van der Waals surface area (Å²) in [5.74, 6) is -5.90. The molecule has 0 saturated carbocycles. The zero-order chi connectivity index (χ0) is 54.2. The molecule has 0 aromatic heterocycles. The first-order valence-electron chi connectivity index (χ1n) is 22.7. The van der Waals surface area contributed by atoms with Crippen molar-refractivity contribution in [1.82, 2.24) is 0 Å². The van der Waals surface area contributed by atoms with E-state index in [1.54, 1.807) is 0 Å². The fourth-order valence-electron chi connectivity index (χ4n) is 9.21. The number of aliphatic hydroxyl groups excluding tert-OH is 5. The number of carbonyl (C=O) groups excluding carboxylic acids is 3. The van der Waals surface area contributed by atoms with Crippen molar-refractivity contribution in [2.75, 3.05) is 62.5 Å². The van der Waals surface area contributed by atoms with Gasteiger partial charge >= 0.3 is 29.8 Å². The summed E-state index contributed by atoms with van der Waals surface area (Å²) in [5.41, 5.74) is 6.52. The maximum Gasteiger partial charge on any atom is 0.335 e. The number of rotatable bonds is 22. The third kappa shape index (κ3) is 13.7. The maximum absolute atomic E-state index is 13.1. The summed E-state index contributed by atoms with van der Waals surface area (Å²) in [4.78, 5) is 62.8. The van der Waals surface area contributed by atoms with Gasteiger partial charge in [-0.2, -0.15) is 0 Å². The minimum atomic E-state index is -2.15. The number of hydrogen-bond acceptors (Lipinski definition) is 29. The predicted octanol–water partition coefficient (Wildman–Crippen LogP) is -6.14. The SMILES string of the molecule is COC1C(OC)[C@H](O[C@H]2O[C@@H](COC(C)=O)[C@@H](O[C@@H]3OC(C(=O)O)[C@@H](O[C@@H]4OC(COC(C)=O)[C@@H](OC)[C@H](OC)C4N)[C@H](OC)C3OC)C(OC(C)=O)C2O)[C@H](C(=O)O)O[C@@H]1O[C@@H]1C(CO)O[C@H](O)C(O)[C@H]1O. The van der Waals surface area contributed by atoms with E-state index in [1.165, 1.54) is 35.4 Å². The second kappa shape index (κ2) is 27.0. The van der Waals surface area contributed by atoms with Crippen molar-refractivity contribution in [2.45, 2.75) is 174 Å². The summed E-state index contributed by atoms with van der Waals surface area (Å²) in [6.45, 7) is 1.22. The molecule has 5 aliphatic rings. The molecule has 10 unspecified atom stereocenters. The molecular formula is C42H67NO30. The van der Waals surface area contributed by atoms with E-state index in [-0.39, 0.29) is 6.61 Å². The van der Waals surface area contributed by atoms with E-state index in [9.17, 15) is 59.7 Å². The van der Waals surface area contributed by atoms with Crippen LogP contribution in [0.4, 0.5) is 0 Å². The van der Waals surface area contributed by atoms with Gasteiger partial charge in [0, 0.05) is 63.4 Å². The van der Waals surface area contributed by atoms with E-state index in [0.717, 1.165) is 28.1 Å². The van der Waals surface area contributed by atoms with Gasteiger partial charge in [0.15, 0.2) is 49.8 Å².